The molecular formula is C30H32Cl3N3O4S. The highest BCUT2D eigenvalue weighted by atomic mass is 35.5. The third-order valence-corrected chi connectivity index (χ3v) is 9.60. The molecule has 4 rings (SSSR count). The summed E-state index contributed by atoms with van der Waals surface area (Å²) >= 11 is 18.8. The number of ether oxygens (including phenoxy) is 1. The van der Waals surface area contributed by atoms with Gasteiger partial charge >= 0.3 is 5.37 Å². The summed E-state index contributed by atoms with van der Waals surface area (Å²) in [6.45, 7) is 11.1. The Bertz CT molecular complexity index is 1600. The molecule has 3 aromatic rings. The Balaban J connectivity index is 2.00. The first kappa shape index (κ1) is 31.3. The van der Waals surface area contributed by atoms with Crippen molar-refractivity contribution in [1.82, 2.24) is 9.62 Å². The number of amides is 1. The van der Waals surface area contributed by atoms with Crippen LogP contribution in [0, 0.1) is 0 Å². The Morgan fingerprint density at radius 3 is 1.98 bits per heavy atom. The summed E-state index contributed by atoms with van der Waals surface area (Å²) in [4.78, 5) is 19.9. The van der Waals surface area contributed by atoms with Crippen LogP contribution in [0.4, 0.5) is 4.79 Å². The molecule has 2 atom stereocenters. The van der Waals surface area contributed by atoms with E-state index < -0.39 is 32.0 Å². The molecule has 1 amide bonds. The van der Waals surface area contributed by atoms with Gasteiger partial charge in [0.25, 0.3) is 0 Å². The van der Waals surface area contributed by atoms with Crippen LogP contribution in [0.25, 0.3) is 0 Å². The van der Waals surface area contributed by atoms with Crippen molar-refractivity contribution in [3.05, 3.63) is 93.5 Å². The molecule has 0 fully saturated rings. The van der Waals surface area contributed by atoms with Gasteiger partial charge in [-0.15, -0.1) is 0 Å². The van der Waals surface area contributed by atoms with E-state index in [0.29, 0.717) is 15.6 Å². The molecule has 0 aliphatic carbocycles. The minimum atomic E-state index is -3.87. The molecule has 1 aliphatic rings. The van der Waals surface area contributed by atoms with Crippen molar-refractivity contribution in [3.8, 4) is 5.75 Å². The average molecular weight is 637 g/mol. The van der Waals surface area contributed by atoms with E-state index in [1.807, 2.05) is 38.1 Å². The molecule has 41 heavy (non-hydrogen) atoms. The normalized spacial score (nSPS) is 21.1. The smallest absolute Gasteiger partial charge is 0.322 e. The summed E-state index contributed by atoms with van der Waals surface area (Å²) in [5, 5.41) is 0.317. The molecule has 218 valence electrons. The van der Waals surface area contributed by atoms with Crippen molar-refractivity contribution in [3.63, 3.8) is 0 Å². The van der Waals surface area contributed by atoms with Gasteiger partial charge in [0.2, 0.25) is 10.0 Å². The van der Waals surface area contributed by atoms with Crippen LogP contribution in [0.2, 0.25) is 10.0 Å². The summed E-state index contributed by atoms with van der Waals surface area (Å²) in [6, 6.07) is 18.9. The predicted molar refractivity (Wildman–Crippen MR) is 165 cm³/mol. The largest absolute Gasteiger partial charge is 0.493 e. The second-order valence-corrected chi connectivity index (χ2v) is 14.0. The number of benzene rings is 3. The molecule has 1 heterocycles. The molecule has 2 unspecified atom stereocenters. The zero-order chi connectivity index (χ0) is 30.4. The zero-order valence-corrected chi connectivity index (χ0v) is 26.7. The van der Waals surface area contributed by atoms with Gasteiger partial charge in [0.15, 0.2) is 0 Å². The van der Waals surface area contributed by atoms with Crippen molar-refractivity contribution < 1.29 is 17.9 Å². The highest BCUT2D eigenvalue weighted by molar-refractivity contribution is 7.89. The van der Waals surface area contributed by atoms with Crippen LogP contribution in [-0.2, 0) is 21.1 Å². The van der Waals surface area contributed by atoms with Gasteiger partial charge in [-0.3, -0.25) is 14.7 Å². The first-order valence-corrected chi connectivity index (χ1v) is 15.6. The van der Waals surface area contributed by atoms with Gasteiger partial charge in [0.05, 0.1) is 17.1 Å². The number of halogens is 3. The fraction of sp³-hybridized carbons (Fsp3) is 0.333. The van der Waals surface area contributed by atoms with Gasteiger partial charge in [-0.05, 0) is 101 Å². The monoisotopic (exact) mass is 635 g/mol. The zero-order valence-electron chi connectivity index (χ0n) is 23.6. The van der Waals surface area contributed by atoms with E-state index in [4.69, 9.17) is 44.5 Å². The molecule has 7 nitrogen and oxygen atoms in total. The molecule has 3 aromatic carbocycles. The van der Waals surface area contributed by atoms with Gasteiger partial charge < -0.3 is 4.74 Å². The maximum atomic E-state index is 13.3. The van der Waals surface area contributed by atoms with Crippen LogP contribution in [0.15, 0.2) is 76.6 Å². The summed E-state index contributed by atoms with van der Waals surface area (Å²) in [6.07, 6.45) is 0. The molecular weight excluding hydrogens is 605 g/mol. The van der Waals surface area contributed by atoms with Gasteiger partial charge in [-0.2, -0.15) is 0 Å². The number of nitrogens with zero attached hydrogens (tertiary/aromatic N) is 2. The molecule has 0 radical (unpaired) electrons. The van der Waals surface area contributed by atoms with Gasteiger partial charge in [0.1, 0.15) is 22.7 Å². The SMILES string of the molecule is CCOc1cc(S(=O)(=O)NC(C)(C)C)ccc1C1=NC(C)(c2ccc(Cl)cc2)C(C)(c2ccc(Cl)cc2)N1C(=O)Cl. The van der Waals surface area contributed by atoms with Crippen LogP contribution < -0.4 is 9.46 Å². The second-order valence-electron chi connectivity index (χ2n) is 11.1. The number of aliphatic imine (C=N–C) groups is 1. The van der Waals surface area contributed by atoms with E-state index in [-0.39, 0.29) is 23.1 Å². The third kappa shape index (κ3) is 5.86. The first-order valence-electron chi connectivity index (χ1n) is 13.0. The molecule has 1 aliphatic heterocycles. The quantitative estimate of drug-likeness (QED) is 0.212. The van der Waals surface area contributed by atoms with E-state index in [9.17, 15) is 13.2 Å². The lowest BCUT2D eigenvalue weighted by Gasteiger charge is -2.44. The van der Waals surface area contributed by atoms with E-state index in [1.165, 1.54) is 17.0 Å². The van der Waals surface area contributed by atoms with E-state index in [1.54, 1.807) is 58.0 Å². The molecule has 0 spiro atoms. The summed E-state index contributed by atoms with van der Waals surface area (Å²) in [5.74, 6) is 0.473. The summed E-state index contributed by atoms with van der Waals surface area (Å²) in [7, 11) is -3.87. The standard InChI is InChI=1S/C30H32Cl3N3O4S/c1-7-40-25-18-23(41(38,39)35-28(2,3)4)16-17-24(25)26-34-29(5,19-8-12-21(31)13-9-19)30(6,36(26)27(33)37)20-10-14-22(32)15-11-20/h8-18,35H,7H2,1-6H3. The van der Waals surface area contributed by atoms with Crippen molar-refractivity contribution in [2.75, 3.05) is 6.61 Å². The summed E-state index contributed by atoms with van der Waals surface area (Å²) < 4.78 is 34.9. The molecule has 0 aromatic heterocycles. The second kappa shape index (κ2) is 11.2. The van der Waals surface area contributed by atoms with E-state index in [0.717, 1.165) is 11.1 Å². The number of sulfonamides is 1. The number of hydrogen-bond donors (Lipinski definition) is 1. The Hall–Kier alpha value is -2.62. The van der Waals surface area contributed by atoms with Crippen molar-refractivity contribution >= 4 is 56.0 Å². The Morgan fingerprint density at radius 2 is 1.49 bits per heavy atom. The van der Waals surface area contributed by atoms with Crippen LogP contribution in [0.3, 0.4) is 0 Å². The first-order chi connectivity index (χ1) is 19.0. The lowest BCUT2D eigenvalue weighted by molar-refractivity contribution is 0.149. The van der Waals surface area contributed by atoms with Crippen molar-refractivity contribution in [2.45, 2.75) is 63.1 Å². The lowest BCUT2D eigenvalue weighted by Crippen LogP contribution is -2.53. The minimum absolute atomic E-state index is 0.0166. The van der Waals surface area contributed by atoms with Crippen molar-refractivity contribution in [2.24, 2.45) is 4.99 Å². The maximum absolute atomic E-state index is 13.3. The number of carbonyl (C=O) groups excluding carboxylic acids is 1. The van der Waals surface area contributed by atoms with Crippen molar-refractivity contribution in [1.29, 1.82) is 0 Å². The number of nitrogens with one attached hydrogen (secondary N) is 1. The highest BCUT2D eigenvalue weighted by Crippen LogP contribution is 2.54. The number of amidine groups is 1. The Labute approximate surface area is 256 Å². The molecule has 1 N–H and O–H groups in total. The number of rotatable bonds is 7. The maximum Gasteiger partial charge on any atom is 0.322 e. The molecule has 11 heteroatoms. The fourth-order valence-corrected chi connectivity index (χ4v) is 7.07. The fourth-order valence-electron chi connectivity index (χ4n) is 5.14. The average Bonchev–Trinajstić information content (AvgIpc) is 3.12. The highest BCUT2D eigenvalue weighted by Gasteiger charge is 2.59. The van der Waals surface area contributed by atoms with E-state index in [2.05, 4.69) is 4.72 Å². The van der Waals surface area contributed by atoms with Crippen LogP contribution in [-0.4, -0.2) is 36.7 Å². The van der Waals surface area contributed by atoms with Gasteiger partial charge in [-0.25, -0.2) is 13.1 Å². The molecule has 0 saturated heterocycles. The van der Waals surface area contributed by atoms with Crippen LogP contribution in [0.5, 0.6) is 5.75 Å². The minimum Gasteiger partial charge on any atom is -0.493 e. The topological polar surface area (TPSA) is 88.1 Å². The van der Waals surface area contributed by atoms with E-state index >= 15 is 0 Å². The number of carbonyl (C=O) groups is 1. The third-order valence-electron chi connectivity index (χ3n) is 7.17. The molecule has 0 bridgehead atoms. The van der Waals surface area contributed by atoms with Crippen LogP contribution >= 0.6 is 34.8 Å². The lowest BCUT2D eigenvalue weighted by atomic mass is 9.71. The van der Waals surface area contributed by atoms with Crippen LogP contribution in [0.1, 0.15) is 58.2 Å². The molecule has 0 saturated carbocycles. The predicted octanol–water partition coefficient (Wildman–Crippen LogP) is 7.72. The van der Waals surface area contributed by atoms with Gasteiger partial charge in [-0.1, -0.05) is 47.5 Å². The number of hydrogen-bond acceptors (Lipinski definition) is 5. The Morgan fingerprint density at radius 1 is 0.951 bits per heavy atom. The Kier molecular flexibility index (Phi) is 8.58. The van der Waals surface area contributed by atoms with Gasteiger partial charge in [0, 0.05) is 21.7 Å². The summed E-state index contributed by atoms with van der Waals surface area (Å²) in [5.41, 5.74) is -0.966.